The molecule has 0 aromatic heterocycles. The maximum Gasteiger partial charge on any atom is 0.0224 e. The minimum absolute atomic E-state index is 0.758. The molecule has 1 saturated carbocycles. The Kier molecular flexibility index (Phi) is 5.08. The highest BCUT2D eigenvalue weighted by atomic mass is 15.3. The highest BCUT2D eigenvalue weighted by molar-refractivity contribution is 4.95. The summed E-state index contributed by atoms with van der Waals surface area (Å²) in [5.74, 6) is 1.85. The van der Waals surface area contributed by atoms with Gasteiger partial charge in [-0.05, 0) is 44.4 Å². The second kappa shape index (κ2) is 6.38. The Hall–Kier alpha value is -0.0800. The summed E-state index contributed by atoms with van der Waals surface area (Å²) < 4.78 is 0. The molecule has 0 radical (unpaired) electrons. The van der Waals surface area contributed by atoms with Gasteiger partial charge in [0.15, 0.2) is 0 Å². The fourth-order valence-corrected chi connectivity index (χ4v) is 3.46. The number of nitrogens with zero attached hydrogens (tertiary/aromatic N) is 1. The summed E-state index contributed by atoms with van der Waals surface area (Å²) in [6.45, 7) is 12.0. The summed E-state index contributed by atoms with van der Waals surface area (Å²) in [6.07, 6.45) is 6.89. The van der Waals surface area contributed by atoms with Gasteiger partial charge in [0, 0.05) is 31.2 Å². The van der Waals surface area contributed by atoms with E-state index in [9.17, 15) is 0 Å². The normalized spacial score (nSPS) is 33.3. The molecule has 0 aromatic carbocycles. The maximum atomic E-state index is 3.79. The zero-order chi connectivity index (χ0) is 13.1. The first-order valence-electron chi connectivity index (χ1n) is 8.14. The molecule has 1 heterocycles. The van der Waals surface area contributed by atoms with Gasteiger partial charge in [-0.15, -0.1) is 0 Å². The topological polar surface area (TPSA) is 15.3 Å². The first-order chi connectivity index (χ1) is 8.65. The zero-order valence-corrected chi connectivity index (χ0v) is 12.8. The number of rotatable bonds is 6. The molecule has 2 nitrogen and oxygen atoms in total. The number of hydrogen-bond acceptors (Lipinski definition) is 2. The molecule has 106 valence electrons. The van der Waals surface area contributed by atoms with E-state index < -0.39 is 0 Å². The third kappa shape index (κ3) is 3.48. The average molecular weight is 252 g/mol. The zero-order valence-electron chi connectivity index (χ0n) is 12.8. The van der Waals surface area contributed by atoms with Gasteiger partial charge in [-0.2, -0.15) is 0 Å². The molecule has 4 unspecified atom stereocenters. The summed E-state index contributed by atoms with van der Waals surface area (Å²) in [5, 5.41) is 3.79. The predicted octanol–water partition coefficient (Wildman–Crippen LogP) is 3.27. The molecular weight excluding hydrogens is 220 g/mol. The van der Waals surface area contributed by atoms with Gasteiger partial charge in [-0.3, -0.25) is 4.90 Å². The molecule has 0 spiro atoms. The lowest BCUT2D eigenvalue weighted by Gasteiger charge is -2.44. The first kappa shape index (κ1) is 14.3. The van der Waals surface area contributed by atoms with Gasteiger partial charge in [0.1, 0.15) is 0 Å². The highest BCUT2D eigenvalue weighted by Gasteiger charge is 2.38. The Labute approximate surface area is 114 Å². The van der Waals surface area contributed by atoms with Crippen molar-refractivity contribution in [1.82, 2.24) is 10.2 Å². The van der Waals surface area contributed by atoms with E-state index in [0.29, 0.717) is 0 Å². The van der Waals surface area contributed by atoms with Gasteiger partial charge >= 0.3 is 0 Å². The second-order valence-electron chi connectivity index (χ2n) is 6.71. The van der Waals surface area contributed by atoms with Crippen LogP contribution in [0.4, 0.5) is 0 Å². The van der Waals surface area contributed by atoms with Crippen LogP contribution in [-0.2, 0) is 0 Å². The monoisotopic (exact) mass is 252 g/mol. The van der Waals surface area contributed by atoms with Crippen molar-refractivity contribution < 1.29 is 0 Å². The van der Waals surface area contributed by atoms with Crippen molar-refractivity contribution >= 4 is 0 Å². The van der Waals surface area contributed by atoms with Crippen molar-refractivity contribution in [3.63, 3.8) is 0 Å². The molecule has 0 amide bonds. The highest BCUT2D eigenvalue weighted by Crippen LogP contribution is 2.35. The minimum atomic E-state index is 0.758. The van der Waals surface area contributed by atoms with Crippen molar-refractivity contribution in [3.8, 4) is 0 Å². The van der Waals surface area contributed by atoms with E-state index in [1.54, 1.807) is 0 Å². The Morgan fingerprint density at radius 2 is 1.94 bits per heavy atom. The molecule has 2 rings (SSSR count). The van der Waals surface area contributed by atoms with Crippen LogP contribution in [0.25, 0.3) is 0 Å². The molecule has 0 aromatic rings. The number of piperazine rings is 1. The van der Waals surface area contributed by atoms with E-state index in [4.69, 9.17) is 0 Å². The number of hydrogen-bond donors (Lipinski definition) is 1. The Balaban J connectivity index is 1.91. The third-order valence-corrected chi connectivity index (χ3v) is 5.16. The summed E-state index contributed by atoms with van der Waals surface area (Å²) in [5.41, 5.74) is 0. The van der Waals surface area contributed by atoms with E-state index in [0.717, 1.165) is 30.0 Å². The Morgan fingerprint density at radius 3 is 2.50 bits per heavy atom. The van der Waals surface area contributed by atoms with E-state index in [1.165, 1.54) is 45.2 Å². The van der Waals surface area contributed by atoms with Crippen LogP contribution in [-0.4, -0.2) is 36.1 Å². The summed E-state index contributed by atoms with van der Waals surface area (Å²) in [7, 11) is 0. The minimum Gasteiger partial charge on any atom is -0.311 e. The van der Waals surface area contributed by atoms with Gasteiger partial charge < -0.3 is 5.32 Å². The Bertz CT molecular complexity index is 249. The van der Waals surface area contributed by atoms with Gasteiger partial charge in [0.25, 0.3) is 0 Å². The van der Waals surface area contributed by atoms with Crippen molar-refractivity contribution in [1.29, 1.82) is 0 Å². The van der Waals surface area contributed by atoms with Crippen LogP contribution in [0.5, 0.6) is 0 Å². The SMILES string of the molecule is CCC(C)CC(C)N1CC(C2CC2)NCC1CC. The van der Waals surface area contributed by atoms with E-state index in [1.807, 2.05) is 0 Å². The molecule has 1 saturated heterocycles. The molecular formula is C16H32N2. The fourth-order valence-electron chi connectivity index (χ4n) is 3.46. The first-order valence-corrected chi connectivity index (χ1v) is 8.14. The number of nitrogens with one attached hydrogen (secondary N) is 1. The van der Waals surface area contributed by atoms with Crippen LogP contribution in [0.1, 0.15) is 59.8 Å². The molecule has 2 fully saturated rings. The quantitative estimate of drug-likeness (QED) is 0.780. The second-order valence-corrected chi connectivity index (χ2v) is 6.71. The van der Waals surface area contributed by atoms with Crippen LogP contribution >= 0.6 is 0 Å². The van der Waals surface area contributed by atoms with Crippen molar-refractivity contribution in [3.05, 3.63) is 0 Å². The van der Waals surface area contributed by atoms with Gasteiger partial charge in [0.2, 0.25) is 0 Å². The largest absolute Gasteiger partial charge is 0.311 e. The lowest BCUT2D eigenvalue weighted by molar-refractivity contribution is 0.0697. The molecule has 1 aliphatic carbocycles. The van der Waals surface area contributed by atoms with Gasteiger partial charge in [0.05, 0.1) is 0 Å². The van der Waals surface area contributed by atoms with Crippen LogP contribution < -0.4 is 5.32 Å². The van der Waals surface area contributed by atoms with E-state index >= 15 is 0 Å². The van der Waals surface area contributed by atoms with Crippen molar-refractivity contribution in [2.24, 2.45) is 11.8 Å². The lowest BCUT2D eigenvalue weighted by Crippen LogP contribution is -2.59. The van der Waals surface area contributed by atoms with E-state index in [2.05, 4.69) is 37.9 Å². The molecule has 1 aliphatic heterocycles. The average Bonchev–Trinajstić information content (AvgIpc) is 3.22. The third-order valence-electron chi connectivity index (χ3n) is 5.16. The molecule has 0 bridgehead atoms. The molecule has 2 aliphatic rings. The van der Waals surface area contributed by atoms with Crippen molar-refractivity contribution in [2.45, 2.75) is 77.9 Å². The van der Waals surface area contributed by atoms with E-state index in [-0.39, 0.29) is 0 Å². The van der Waals surface area contributed by atoms with Crippen LogP contribution in [0.2, 0.25) is 0 Å². The van der Waals surface area contributed by atoms with Crippen molar-refractivity contribution in [2.75, 3.05) is 13.1 Å². The van der Waals surface area contributed by atoms with Gasteiger partial charge in [-0.25, -0.2) is 0 Å². The van der Waals surface area contributed by atoms with Crippen LogP contribution in [0, 0.1) is 11.8 Å². The smallest absolute Gasteiger partial charge is 0.0224 e. The van der Waals surface area contributed by atoms with Gasteiger partial charge in [-0.1, -0.05) is 27.2 Å². The molecule has 2 heteroatoms. The summed E-state index contributed by atoms with van der Waals surface area (Å²) >= 11 is 0. The maximum absolute atomic E-state index is 3.79. The van der Waals surface area contributed by atoms with Crippen LogP contribution in [0.3, 0.4) is 0 Å². The summed E-state index contributed by atoms with van der Waals surface area (Å²) in [6, 6.07) is 2.31. The lowest BCUT2D eigenvalue weighted by atomic mass is 9.95. The fraction of sp³-hybridized carbons (Fsp3) is 1.00. The molecule has 4 atom stereocenters. The van der Waals surface area contributed by atoms with Crippen LogP contribution in [0.15, 0.2) is 0 Å². The molecule has 18 heavy (non-hydrogen) atoms. The standard InChI is InChI=1S/C16H32N2/c1-5-12(3)9-13(4)18-11-16(14-7-8-14)17-10-15(18)6-2/h12-17H,5-11H2,1-4H3. The predicted molar refractivity (Wildman–Crippen MR) is 78.8 cm³/mol. The molecule has 1 N–H and O–H groups in total. The Morgan fingerprint density at radius 1 is 1.22 bits per heavy atom. The summed E-state index contributed by atoms with van der Waals surface area (Å²) in [4.78, 5) is 2.81.